The lowest BCUT2D eigenvalue weighted by Crippen LogP contribution is -2.48. The van der Waals surface area contributed by atoms with E-state index in [9.17, 15) is 0 Å². The minimum atomic E-state index is 0.446. The SMILES string of the molecule is CN=C(NCC1(CCOC)CCC1)NCC1(C2CC2)CC1. The smallest absolute Gasteiger partial charge is 0.191 e. The molecule has 0 atom stereocenters. The van der Waals surface area contributed by atoms with Crippen LogP contribution in [-0.2, 0) is 4.74 Å². The van der Waals surface area contributed by atoms with Crippen LogP contribution in [0.5, 0.6) is 0 Å². The van der Waals surface area contributed by atoms with Crippen molar-refractivity contribution in [1.82, 2.24) is 10.6 Å². The van der Waals surface area contributed by atoms with Crippen molar-refractivity contribution >= 4 is 5.96 Å². The second-order valence-electron chi connectivity index (χ2n) is 7.51. The lowest BCUT2D eigenvalue weighted by molar-refractivity contribution is 0.0732. The molecule has 0 aromatic rings. The lowest BCUT2D eigenvalue weighted by Gasteiger charge is -2.42. The summed E-state index contributed by atoms with van der Waals surface area (Å²) >= 11 is 0. The van der Waals surface area contributed by atoms with Crippen LogP contribution in [0.4, 0.5) is 0 Å². The predicted molar refractivity (Wildman–Crippen MR) is 86.5 cm³/mol. The number of nitrogens with zero attached hydrogens (tertiary/aromatic N) is 1. The molecule has 0 unspecified atom stereocenters. The standard InChI is InChI=1S/C17H31N3O/c1-18-15(20-13-17(8-9-17)14-4-5-14)19-12-16(6-3-7-16)10-11-21-2/h14H,3-13H2,1-2H3,(H2,18,19,20). The number of aliphatic imine (C=N–C) groups is 1. The number of nitrogens with one attached hydrogen (secondary N) is 2. The second kappa shape index (κ2) is 6.15. The Labute approximate surface area is 129 Å². The number of methoxy groups -OCH3 is 1. The molecular weight excluding hydrogens is 262 g/mol. The molecule has 0 heterocycles. The molecule has 3 rings (SSSR count). The van der Waals surface area contributed by atoms with E-state index < -0.39 is 0 Å². The fourth-order valence-corrected chi connectivity index (χ4v) is 3.85. The summed E-state index contributed by atoms with van der Waals surface area (Å²) in [7, 11) is 3.68. The van der Waals surface area contributed by atoms with Gasteiger partial charge in [-0.1, -0.05) is 6.42 Å². The normalized spacial score (nSPS) is 26.1. The van der Waals surface area contributed by atoms with Crippen molar-refractivity contribution in [2.75, 3.05) is 33.9 Å². The first-order chi connectivity index (χ1) is 10.2. The topological polar surface area (TPSA) is 45.7 Å². The summed E-state index contributed by atoms with van der Waals surface area (Å²) in [6.07, 6.45) is 10.9. The molecule has 0 bridgehead atoms. The van der Waals surface area contributed by atoms with E-state index in [0.717, 1.165) is 31.6 Å². The Kier molecular flexibility index (Phi) is 4.43. The van der Waals surface area contributed by atoms with Crippen LogP contribution in [0.2, 0.25) is 0 Å². The Morgan fingerprint density at radius 1 is 1.14 bits per heavy atom. The highest BCUT2D eigenvalue weighted by molar-refractivity contribution is 5.79. The number of hydrogen-bond acceptors (Lipinski definition) is 2. The number of hydrogen-bond donors (Lipinski definition) is 2. The van der Waals surface area contributed by atoms with Crippen molar-refractivity contribution in [3.8, 4) is 0 Å². The van der Waals surface area contributed by atoms with Gasteiger partial charge in [-0.25, -0.2) is 0 Å². The Morgan fingerprint density at radius 3 is 2.33 bits per heavy atom. The molecule has 3 aliphatic carbocycles. The minimum Gasteiger partial charge on any atom is -0.385 e. The Hall–Kier alpha value is -0.770. The molecule has 4 nitrogen and oxygen atoms in total. The van der Waals surface area contributed by atoms with Crippen LogP contribution in [0.25, 0.3) is 0 Å². The number of ether oxygens (including phenoxy) is 1. The summed E-state index contributed by atoms with van der Waals surface area (Å²) in [6.45, 7) is 3.02. The summed E-state index contributed by atoms with van der Waals surface area (Å²) in [5.74, 6) is 1.99. The van der Waals surface area contributed by atoms with Gasteiger partial charge in [0.2, 0.25) is 0 Å². The Bertz CT molecular complexity index is 381. The first-order valence-corrected chi connectivity index (χ1v) is 8.65. The molecule has 3 fully saturated rings. The van der Waals surface area contributed by atoms with Gasteiger partial charge in [-0.15, -0.1) is 0 Å². The molecule has 2 N–H and O–H groups in total. The molecule has 0 radical (unpaired) electrons. The molecule has 0 aromatic carbocycles. The van der Waals surface area contributed by atoms with Crippen LogP contribution in [0, 0.1) is 16.7 Å². The third kappa shape index (κ3) is 3.53. The molecule has 4 heteroatoms. The van der Waals surface area contributed by atoms with E-state index in [1.807, 2.05) is 7.05 Å². The molecule has 3 saturated carbocycles. The van der Waals surface area contributed by atoms with Crippen molar-refractivity contribution in [3.05, 3.63) is 0 Å². The summed E-state index contributed by atoms with van der Waals surface area (Å²) < 4.78 is 5.27. The molecule has 3 aliphatic rings. The Balaban J connectivity index is 1.42. The Morgan fingerprint density at radius 2 is 1.86 bits per heavy atom. The summed E-state index contributed by atoms with van der Waals surface area (Å²) in [5.41, 5.74) is 1.07. The van der Waals surface area contributed by atoms with Crippen molar-refractivity contribution < 1.29 is 4.74 Å². The van der Waals surface area contributed by atoms with E-state index in [1.54, 1.807) is 7.11 Å². The minimum absolute atomic E-state index is 0.446. The van der Waals surface area contributed by atoms with E-state index in [1.165, 1.54) is 51.4 Å². The van der Waals surface area contributed by atoms with E-state index in [4.69, 9.17) is 4.74 Å². The fraction of sp³-hybridized carbons (Fsp3) is 0.941. The fourth-order valence-electron chi connectivity index (χ4n) is 3.85. The highest BCUT2D eigenvalue weighted by Gasteiger charge is 2.53. The second-order valence-corrected chi connectivity index (χ2v) is 7.51. The van der Waals surface area contributed by atoms with Crippen LogP contribution < -0.4 is 10.6 Å². The average Bonchev–Trinajstić information content (AvgIpc) is 3.33. The molecule has 0 aliphatic heterocycles. The van der Waals surface area contributed by atoms with Crippen LogP contribution in [0.3, 0.4) is 0 Å². The van der Waals surface area contributed by atoms with Gasteiger partial charge in [-0.3, -0.25) is 4.99 Å². The zero-order chi connectivity index (χ0) is 14.8. The lowest BCUT2D eigenvalue weighted by atomic mass is 9.67. The van der Waals surface area contributed by atoms with Crippen molar-refractivity contribution in [2.24, 2.45) is 21.7 Å². The van der Waals surface area contributed by atoms with Gasteiger partial charge in [0.1, 0.15) is 0 Å². The molecule has 0 amide bonds. The van der Waals surface area contributed by atoms with Gasteiger partial charge < -0.3 is 15.4 Å². The van der Waals surface area contributed by atoms with Gasteiger partial charge in [0, 0.05) is 33.9 Å². The first-order valence-electron chi connectivity index (χ1n) is 8.65. The molecular formula is C17H31N3O. The van der Waals surface area contributed by atoms with Crippen LogP contribution in [0.1, 0.15) is 51.4 Å². The average molecular weight is 293 g/mol. The summed E-state index contributed by atoms with van der Waals surface area (Å²) in [5, 5.41) is 7.14. The van der Waals surface area contributed by atoms with Gasteiger partial charge in [0.25, 0.3) is 0 Å². The van der Waals surface area contributed by atoms with E-state index >= 15 is 0 Å². The predicted octanol–water partition coefficient (Wildman–Crippen LogP) is 2.55. The monoisotopic (exact) mass is 293 g/mol. The van der Waals surface area contributed by atoms with Gasteiger partial charge in [0.15, 0.2) is 5.96 Å². The maximum atomic E-state index is 5.27. The summed E-state index contributed by atoms with van der Waals surface area (Å²) in [4.78, 5) is 4.40. The summed E-state index contributed by atoms with van der Waals surface area (Å²) in [6, 6.07) is 0. The van der Waals surface area contributed by atoms with Crippen LogP contribution in [-0.4, -0.2) is 39.8 Å². The molecule has 21 heavy (non-hydrogen) atoms. The molecule has 0 spiro atoms. The van der Waals surface area contributed by atoms with Crippen molar-refractivity contribution in [2.45, 2.75) is 51.4 Å². The molecule has 120 valence electrons. The van der Waals surface area contributed by atoms with E-state index in [0.29, 0.717) is 10.8 Å². The molecule has 0 aromatic heterocycles. The molecule has 0 saturated heterocycles. The maximum Gasteiger partial charge on any atom is 0.191 e. The van der Waals surface area contributed by atoms with Crippen LogP contribution >= 0.6 is 0 Å². The van der Waals surface area contributed by atoms with E-state index in [-0.39, 0.29) is 0 Å². The number of guanidine groups is 1. The first kappa shape index (κ1) is 15.1. The zero-order valence-electron chi connectivity index (χ0n) is 13.7. The highest BCUT2D eigenvalue weighted by Crippen LogP contribution is 2.60. The van der Waals surface area contributed by atoms with Gasteiger partial charge >= 0.3 is 0 Å². The largest absolute Gasteiger partial charge is 0.385 e. The number of rotatable bonds is 8. The van der Waals surface area contributed by atoms with E-state index in [2.05, 4.69) is 15.6 Å². The zero-order valence-corrected chi connectivity index (χ0v) is 13.7. The van der Waals surface area contributed by atoms with Crippen molar-refractivity contribution in [1.29, 1.82) is 0 Å². The van der Waals surface area contributed by atoms with Crippen LogP contribution in [0.15, 0.2) is 4.99 Å². The highest BCUT2D eigenvalue weighted by atomic mass is 16.5. The van der Waals surface area contributed by atoms with Gasteiger partial charge in [-0.2, -0.15) is 0 Å². The van der Waals surface area contributed by atoms with Gasteiger partial charge in [0.05, 0.1) is 0 Å². The van der Waals surface area contributed by atoms with Gasteiger partial charge in [-0.05, 0) is 61.7 Å². The third-order valence-electron chi connectivity index (χ3n) is 6.05. The third-order valence-corrected chi connectivity index (χ3v) is 6.05. The van der Waals surface area contributed by atoms with Crippen molar-refractivity contribution in [3.63, 3.8) is 0 Å². The quantitative estimate of drug-likeness (QED) is 0.534. The maximum absolute atomic E-state index is 5.27.